The molecule has 2 aromatic heterocycles. The van der Waals surface area contributed by atoms with E-state index >= 15 is 0 Å². The molecule has 0 saturated carbocycles. The van der Waals surface area contributed by atoms with Crippen LogP contribution in [0.2, 0.25) is 0 Å². The molecule has 2 amide bonds. The molecule has 0 unspecified atom stereocenters. The highest BCUT2D eigenvalue weighted by Gasteiger charge is 2.27. The number of hydrogen-bond acceptors (Lipinski definition) is 9. The van der Waals surface area contributed by atoms with Crippen LogP contribution in [0.3, 0.4) is 0 Å². The fraction of sp³-hybridized carbons (Fsp3) is 0.500. The number of piperazine rings is 1. The summed E-state index contributed by atoms with van der Waals surface area (Å²) in [6, 6.07) is 8.00. The van der Waals surface area contributed by atoms with E-state index in [4.69, 9.17) is 19.2 Å². The largest absolute Gasteiger partial charge is 0.492 e. The number of carbonyl (C=O) groups excluding carboxylic acids is 2. The van der Waals surface area contributed by atoms with E-state index < -0.39 is 5.60 Å². The van der Waals surface area contributed by atoms with Crippen molar-refractivity contribution < 1.29 is 23.8 Å². The van der Waals surface area contributed by atoms with Gasteiger partial charge in [-0.1, -0.05) is 0 Å². The topological polar surface area (TPSA) is 106 Å². The zero-order valence-corrected chi connectivity index (χ0v) is 23.7. The van der Waals surface area contributed by atoms with E-state index in [2.05, 4.69) is 15.2 Å². The Morgan fingerprint density at radius 2 is 1.97 bits per heavy atom. The van der Waals surface area contributed by atoms with E-state index in [1.54, 1.807) is 23.3 Å². The van der Waals surface area contributed by atoms with Crippen LogP contribution < -0.4 is 19.7 Å². The van der Waals surface area contributed by atoms with Gasteiger partial charge in [-0.05, 0) is 57.4 Å². The smallest absolute Gasteiger partial charge is 0.410 e. The van der Waals surface area contributed by atoms with Gasteiger partial charge in [-0.15, -0.1) is 11.3 Å². The molecule has 3 aromatic rings. The molecule has 0 bridgehead atoms. The lowest BCUT2D eigenvalue weighted by molar-refractivity contribution is -0.119. The number of rotatable bonds is 7. The van der Waals surface area contributed by atoms with Crippen LogP contribution in [-0.2, 0) is 9.53 Å². The molecule has 208 valence electrons. The number of amides is 2. The summed E-state index contributed by atoms with van der Waals surface area (Å²) in [4.78, 5) is 37.2. The normalized spacial score (nSPS) is 17.8. The number of pyridine rings is 1. The van der Waals surface area contributed by atoms with Crippen LogP contribution in [0.5, 0.6) is 11.6 Å². The summed E-state index contributed by atoms with van der Waals surface area (Å²) in [7, 11) is 1.62. The van der Waals surface area contributed by atoms with Crippen molar-refractivity contribution >= 4 is 39.2 Å². The fourth-order valence-electron chi connectivity index (χ4n) is 4.84. The number of thiazole rings is 1. The van der Waals surface area contributed by atoms with Crippen LogP contribution in [0.15, 0.2) is 29.8 Å². The number of hydrogen-bond donors (Lipinski definition) is 1. The van der Waals surface area contributed by atoms with Crippen LogP contribution in [0.1, 0.15) is 33.6 Å². The molecule has 1 aromatic carbocycles. The summed E-state index contributed by atoms with van der Waals surface area (Å²) < 4.78 is 18.4. The van der Waals surface area contributed by atoms with E-state index in [0.717, 1.165) is 39.3 Å². The molecule has 1 N–H and O–H groups in total. The maximum Gasteiger partial charge on any atom is 0.410 e. The fourth-order valence-corrected chi connectivity index (χ4v) is 5.58. The van der Waals surface area contributed by atoms with Gasteiger partial charge in [0.15, 0.2) is 0 Å². The molecule has 4 heterocycles. The quantitative estimate of drug-likeness (QED) is 0.461. The molecular weight excluding hydrogens is 518 g/mol. The summed E-state index contributed by atoms with van der Waals surface area (Å²) in [5.74, 6) is 1.71. The molecule has 2 aliphatic rings. The van der Waals surface area contributed by atoms with E-state index in [1.165, 1.54) is 0 Å². The van der Waals surface area contributed by atoms with Gasteiger partial charge in [0.2, 0.25) is 11.8 Å². The molecule has 2 fully saturated rings. The number of nitrogens with zero attached hydrogens (tertiary/aromatic N) is 4. The van der Waals surface area contributed by atoms with Crippen LogP contribution in [-0.4, -0.2) is 78.9 Å². The van der Waals surface area contributed by atoms with Crippen LogP contribution in [0, 0.1) is 5.92 Å². The second-order valence-corrected chi connectivity index (χ2v) is 11.7. The predicted molar refractivity (Wildman–Crippen MR) is 151 cm³/mol. The summed E-state index contributed by atoms with van der Waals surface area (Å²) in [5, 5.41) is 2.88. The average Bonchev–Trinajstić information content (AvgIpc) is 3.56. The molecule has 1 atom stereocenters. The third-order valence-electron chi connectivity index (χ3n) is 6.84. The summed E-state index contributed by atoms with van der Waals surface area (Å²) in [6.07, 6.45) is 1.09. The van der Waals surface area contributed by atoms with Crippen LogP contribution in [0.4, 0.5) is 10.5 Å². The first-order valence-corrected chi connectivity index (χ1v) is 14.1. The molecule has 2 saturated heterocycles. The van der Waals surface area contributed by atoms with Gasteiger partial charge >= 0.3 is 6.09 Å². The molecule has 10 nitrogen and oxygen atoms in total. The Hall–Kier alpha value is -3.60. The molecule has 11 heteroatoms. The molecule has 0 aliphatic carbocycles. The third-order valence-corrected chi connectivity index (χ3v) is 7.70. The zero-order valence-electron chi connectivity index (χ0n) is 22.9. The summed E-state index contributed by atoms with van der Waals surface area (Å²) in [6.45, 7) is 9.29. The van der Waals surface area contributed by atoms with Crippen molar-refractivity contribution in [1.82, 2.24) is 20.2 Å². The Morgan fingerprint density at radius 3 is 2.67 bits per heavy atom. The van der Waals surface area contributed by atoms with Gasteiger partial charge in [-0.3, -0.25) is 4.79 Å². The van der Waals surface area contributed by atoms with Gasteiger partial charge in [0.05, 0.1) is 35.1 Å². The minimum absolute atomic E-state index is 0.111. The van der Waals surface area contributed by atoms with Crippen molar-refractivity contribution in [2.45, 2.75) is 39.2 Å². The molecule has 2 aliphatic heterocycles. The standard InChI is InChI=1S/C28H35N5O5S/c1-28(2,3)38-27(35)33-10-8-32(9-11-33)22-6-5-20(31-26(22)36-4)19-14-21-25(39-17-30-21)23(15-19)37-12-7-18-13-24(34)29-16-18/h5-6,14-15,17-18H,7-13,16H2,1-4H3,(H,29,34)/t18-/m1/s1. The lowest BCUT2D eigenvalue weighted by Crippen LogP contribution is -2.50. The summed E-state index contributed by atoms with van der Waals surface area (Å²) >= 11 is 1.54. The number of anilines is 1. The number of benzene rings is 1. The van der Waals surface area contributed by atoms with Crippen molar-refractivity contribution in [2.75, 3.05) is 51.3 Å². The number of carbonyl (C=O) groups is 2. The minimum Gasteiger partial charge on any atom is -0.492 e. The Balaban J connectivity index is 1.30. The van der Waals surface area contributed by atoms with Crippen LogP contribution >= 0.6 is 11.3 Å². The van der Waals surface area contributed by atoms with Crippen molar-refractivity contribution in [2.24, 2.45) is 5.92 Å². The van der Waals surface area contributed by atoms with Gasteiger partial charge in [0, 0.05) is 44.7 Å². The van der Waals surface area contributed by atoms with Crippen molar-refractivity contribution in [1.29, 1.82) is 0 Å². The number of fused-ring (bicyclic) bond motifs is 1. The van der Waals surface area contributed by atoms with Crippen molar-refractivity contribution in [3.05, 3.63) is 29.8 Å². The predicted octanol–water partition coefficient (Wildman–Crippen LogP) is 4.33. The first kappa shape index (κ1) is 27.0. The Labute approximate surface area is 232 Å². The van der Waals surface area contributed by atoms with E-state index in [-0.39, 0.29) is 12.0 Å². The molecule has 0 radical (unpaired) electrons. The molecule has 5 rings (SSSR count). The lowest BCUT2D eigenvalue weighted by atomic mass is 10.1. The highest BCUT2D eigenvalue weighted by molar-refractivity contribution is 7.17. The second-order valence-electron chi connectivity index (χ2n) is 10.9. The summed E-state index contributed by atoms with van der Waals surface area (Å²) in [5.41, 5.74) is 4.69. The van der Waals surface area contributed by atoms with Gasteiger partial charge in [0.25, 0.3) is 0 Å². The second kappa shape index (κ2) is 11.3. The maximum absolute atomic E-state index is 12.4. The lowest BCUT2D eigenvalue weighted by Gasteiger charge is -2.37. The Bertz CT molecular complexity index is 1350. The Morgan fingerprint density at radius 1 is 1.18 bits per heavy atom. The first-order valence-electron chi connectivity index (χ1n) is 13.2. The number of methoxy groups -OCH3 is 1. The van der Waals surface area contributed by atoms with E-state index in [0.29, 0.717) is 57.5 Å². The van der Waals surface area contributed by atoms with Crippen molar-refractivity contribution in [3.8, 4) is 22.9 Å². The van der Waals surface area contributed by atoms with Gasteiger partial charge < -0.3 is 29.3 Å². The zero-order chi connectivity index (χ0) is 27.6. The third kappa shape index (κ3) is 6.35. The number of aromatic nitrogens is 2. The molecule has 39 heavy (non-hydrogen) atoms. The Kier molecular flexibility index (Phi) is 7.79. The highest BCUT2D eigenvalue weighted by atomic mass is 32.1. The van der Waals surface area contributed by atoms with Crippen LogP contribution in [0.25, 0.3) is 21.5 Å². The van der Waals surface area contributed by atoms with Gasteiger partial charge in [-0.25, -0.2) is 14.8 Å². The van der Waals surface area contributed by atoms with E-state index in [9.17, 15) is 9.59 Å². The first-order chi connectivity index (χ1) is 18.7. The van der Waals surface area contributed by atoms with Crippen molar-refractivity contribution in [3.63, 3.8) is 0 Å². The SMILES string of the molecule is COc1nc(-c2cc(OCC[C@H]3CNC(=O)C3)c3scnc3c2)ccc1N1CCN(C(=O)OC(C)(C)C)CC1. The number of ether oxygens (including phenoxy) is 3. The van der Waals surface area contributed by atoms with Gasteiger partial charge in [-0.2, -0.15) is 0 Å². The highest BCUT2D eigenvalue weighted by Crippen LogP contribution is 2.37. The van der Waals surface area contributed by atoms with Gasteiger partial charge in [0.1, 0.15) is 17.0 Å². The molecular formula is C28H35N5O5S. The van der Waals surface area contributed by atoms with E-state index in [1.807, 2.05) is 50.5 Å². The maximum atomic E-state index is 12.4. The average molecular weight is 554 g/mol. The minimum atomic E-state index is -0.516. The molecule has 0 spiro atoms. The number of nitrogens with one attached hydrogen (secondary N) is 1. The monoisotopic (exact) mass is 553 g/mol.